The number of fused-ring (bicyclic) bond motifs is 1. The minimum Gasteiger partial charge on any atom is -0.357 e. The summed E-state index contributed by atoms with van der Waals surface area (Å²) < 4.78 is 0. The van der Waals surface area contributed by atoms with E-state index < -0.39 is 0 Å². The highest BCUT2D eigenvalue weighted by molar-refractivity contribution is 14.0. The van der Waals surface area contributed by atoms with E-state index in [-0.39, 0.29) is 36.4 Å². The molecule has 0 fully saturated rings. The van der Waals surface area contributed by atoms with Crippen LogP contribution >= 0.6 is 24.0 Å². The zero-order valence-corrected chi connectivity index (χ0v) is 18.7. The summed E-state index contributed by atoms with van der Waals surface area (Å²) >= 11 is 0. The number of aliphatic imine (C=N–C) groups is 1. The predicted octanol–water partition coefficient (Wildman–Crippen LogP) is 3.38. The zero-order chi connectivity index (χ0) is 18.9. The smallest absolute Gasteiger partial charge is 0.248 e. The Bertz CT molecular complexity index is 779. The Morgan fingerprint density at radius 3 is 2.61 bits per heavy atom. The molecule has 2 N–H and O–H groups in total. The molecule has 0 saturated heterocycles. The van der Waals surface area contributed by atoms with Gasteiger partial charge in [-0.2, -0.15) is 0 Å². The molecule has 5 nitrogen and oxygen atoms in total. The normalized spacial score (nSPS) is 12.9. The lowest BCUT2D eigenvalue weighted by Gasteiger charge is -2.17. The first-order valence-corrected chi connectivity index (χ1v) is 9.72. The second-order valence-corrected chi connectivity index (χ2v) is 6.64. The maximum Gasteiger partial charge on any atom is 0.248 e. The van der Waals surface area contributed by atoms with Gasteiger partial charge in [0.2, 0.25) is 5.91 Å². The Morgan fingerprint density at radius 2 is 1.82 bits per heavy atom. The molecule has 1 aliphatic rings. The van der Waals surface area contributed by atoms with Crippen molar-refractivity contribution in [1.29, 1.82) is 0 Å². The van der Waals surface area contributed by atoms with E-state index in [4.69, 9.17) is 0 Å². The molecule has 0 radical (unpaired) electrons. The summed E-state index contributed by atoms with van der Waals surface area (Å²) in [5.41, 5.74) is 3.60. The van der Waals surface area contributed by atoms with Crippen molar-refractivity contribution in [3.63, 3.8) is 0 Å². The molecule has 2 aromatic rings. The summed E-state index contributed by atoms with van der Waals surface area (Å²) in [5.74, 6) is 0.743. The van der Waals surface area contributed by atoms with E-state index in [1.807, 2.05) is 36.1 Å². The first kappa shape index (κ1) is 22.2. The molecule has 28 heavy (non-hydrogen) atoms. The van der Waals surface area contributed by atoms with Gasteiger partial charge in [0.25, 0.3) is 0 Å². The van der Waals surface area contributed by atoms with Gasteiger partial charge in [0, 0.05) is 25.3 Å². The molecule has 1 heterocycles. The fraction of sp³-hybridized carbons (Fsp3) is 0.364. The van der Waals surface area contributed by atoms with Crippen LogP contribution in [0.2, 0.25) is 0 Å². The number of halogens is 1. The summed E-state index contributed by atoms with van der Waals surface area (Å²) in [4.78, 5) is 18.9. The van der Waals surface area contributed by atoms with Crippen molar-refractivity contribution in [2.45, 2.75) is 26.2 Å². The summed E-state index contributed by atoms with van der Waals surface area (Å²) in [6, 6.07) is 18.6. The average Bonchev–Trinajstić information content (AvgIpc) is 3.14. The lowest BCUT2D eigenvalue weighted by molar-refractivity contribution is -0.117. The number of anilines is 1. The molecule has 3 rings (SSSR count). The number of hydrogen-bond acceptors (Lipinski definition) is 2. The second-order valence-electron chi connectivity index (χ2n) is 6.64. The highest BCUT2D eigenvalue weighted by Crippen LogP contribution is 2.27. The van der Waals surface area contributed by atoms with E-state index in [9.17, 15) is 4.79 Å². The van der Waals surface area contributed by atoms with Gasteiger partial charge in [0.05, 0.1) is 0 Å². The number of carbonyl (C=O) groups excluding carboxylic acids is 1. The molecule has 0 spiro atoms. The van der Waals surface area contributed by atoms with Gasteiger partial charge >= 0.3 is 0 Å². The number of nitrogens with one attached hydrogen (secondary N) is 2. The number of guanidine groups is 1. The largest absolute Gasteiger partial charge is 0.357 e. The van der Waals surface area contributed by atoms with Gasteiger partial charge < -0.3 is 15.5 Å². The third-order valence-corrected chi connectivity index (χ3v) is 4.68. The fourth-order valence-corrected chi connectivity index (χ4v) is 3.32. The molecular formula is C22H29IN4O. The van der Waals surface area contributed by atoms with E-state index in [0.717, 1.165) is 44.6 Å². The Labute approximate surface area is 184 Å². The van der Waals surface area contributed by atoms with Crippen LogP contribution in [-0.2, 0) is 17.6 Å². The summed E-state index contributed by atoms with van der Waals surface area (Å²) in [6.45, 7) is 4.52. The number of carbonyl (C=O) groups is 1. The Balaban J connectivity index is 0.00000280. The third kappa shape index (κ3) is 6.22. The van der Waals surface area contributed by atoms with Crippen LogP contribution in [0.15, 0.2) is 59.6 Å². The maximum absolute atomic E-state index is 12.6. The molecule has 2 aromatic carbocycles. The number of nitrogens with zero attached hydrogens (tertiary/aromatic N) is 2. The molecule has 1 amide bonds. The van der Waals surface area contributed by atoms with E-state index in [1.165, 1.54) is 11.1 Å². The molecule has 0 unspecified atom stereocenters. The van der Waals surface area contributed by atoms with Crippen molar-refractivity contribution in [3.8, 4) is 0 Å². The van der Waals surface area contributed by atoms with Crippen molar-refractivity contribution in [2.75, 3.05) is 31.1 Å². The third-order valence-electron chi connectivity index (χ3n) is 4.68. The zero-order valence-electron chi connectivity index (χ0n) is 16.4. The first-order valence-electron chi connectivity index (χ1n) is 9.72. The van der Waals surface area contributed by atoms with Crippen LogP contribution in [0.1, 0.15) is 24.5 Å². The van der Waals surface area contributed by atoms with Gasteiger partial charge in [-0.15, -0.1) is 24.0 Å². The maximum atomic E-state index is 12.6. The minimum absolute atomic E-state index is 0. The van der Waals surface area contributed by atoms with Crippen LogP contribution < -0.4 is 15.5 Å². The van der Waals surface area contributed by atoms with Crippen LogP contribution in [-0.4, -0.2) is 38.0 Å². The minimum atomic E-state index is 0. The molecule has 6 heteroatoms. The predicted molar refractivity (Wildman–Crippen MR) is 127 cm³/mol. The van der Waals surface area contributed by atoms with Crippen LogP contribution in [0.5, 0.6) is 0 Å². The molecule has 0 saturated carbocycles. The van der Waals surface area contributed by atoms with Crippen molar-refractivity contribution in [2.24, 2.45) is 4.99 Å². The second kappa shape index (κ2) is 11.7. The highest BCUT2D eigenvalue weighted by Gasteiger charge is 2.23. The van der Waals surface area contributed by atoms with E-state index >= 15 is 0 Å². The molecule has 0 aromatic heterocycles. The van der Waals surface area contributed by atoms with Crippen molar-refractivity contribution in [3.05, 3.63) is 65.7 Å². The van der Waals surface area contributed by atoms with Gasteiger partial charge in [-0.25, -0.2) is 4.99 Å². The Hall–Kier alpha value is -2.09. The standard InChI is InChI=1S/C22H28N4O.HI/c1-2-23-22(24-15-8-11-18-9-4-3-5-10-18)25-17-21(27)26-16-14-19-12-6-7-13-20(19)26;/h3-7,9-10,12-13H,2,8,11,14-17H2,1H3,(H2,23,24,25);1H. The lowest BCUT2D eigenvalue weighted by Crippen LogP contribution is -2.39. The van der Waals surface area contributed by atoms with Crippen LogP contribution in [0.4, 0.5) is 5.69 Å². The average molecular weight is 492 g/mol. The molecule has 0 atom stereocenters. The van der Waals surface area contributed by atoms with Crippen molar-refractivity contribution >= 4 is 41.5 Å². The topological polar surface area (TPSA) is 56.7 Å². The Morgan fingerprint density at radius 1 is 1.07 bits per heavy atom. The van der Waals surface area contributed by atoms with Crippen LogP contribution in [0.25, 0.3) is 0 Å². The van der Waals surface area contributed by atoms with E-state index in [2.05, 4.69) is 46.0 Å². The summed E-state index contributed by atoms with van der Waals surface area (Å²) in [7, 11) is 0. The first-order chi connectivity index (χ1) is 13.3. The number of amides is 1. The molecule has 0 bridgehead atoms. The number of para-hydroxylation sites is 1. The molecule has 0 aliphatic carbocycles. The quantitative estimate of drug-likeness (QED) is 0.270. The fourth-order valence-electron chi connectivity index (χ4n) is 3.32. The number of hydrogen-bond donors (Lipinski definition) is 2. The number of rotatable bonds is 7. The van der Waals surface area contributed by atoms with Crippen molar-refractivity contribution < 1.29 is 4.79 Å². The monoisotopic (exact) mass is 492 g/mol. The van der Waals surface area contributed by atoms with Gasteiger partial charge in [-0.05, 0) is 43.4 Å². The SMILES string of the molecule is CCNC(=NCC(=O)N1CCc2ccccc21)NCCCc1ccccc1.I. The number of aryl methyl sites for hydroxylation is 1. The van der Waals surface area contributed by atoms with Gasteiger partial charge in [0.1, 0.15) is 6.54 Å². The van der Waals surface area contributed by atoms with Gasteiger partial charge in [-0.3, -0.25) is 4.79 Å². The summed E-state index contributed by atoms with van der Waals surface area (Å²) in [6.07, 6.45) is 2.96. The van der Waals surface area contributed by atoms with E-state index in [1.54, 1.807) is 0 Å². The molecule has 150 valence electrons. The molecular weight excluding hydrogens is 463 g/mol. The van der Waals surface area contributed by atoms with Crippen molar-refractivity contribution in [1.82, 2.24) is 10.6 Å². The number of benzene rings is 2. The highest BCUT2D eigenvalue weighted by atomic mass is 127. The van der Waals surface area contributed by atoms with Gasteiger partial charge in [-0.1, -0.05) is 48.5 Å². The Kier molecular flexibility index (Phi) is 9.27. The van der Waals surface area contributed by atoms with Crippen LogP contribution in [0, 0.1) is 0 Å². The summed E-state index contributed by atoms with van der Waals surface area (Å²) in [5, 5.41) is 6.54. The van der Waals surface area contributed by atoms with Crippen LogP contribution in [0.3, 0.4) is 0 Å². The van der Waals surface area contributed by atoms with E-state index in [0.29, 0.717) is 5.96 Å². The van der Waals surface area contributed by atoms with Gasteiger partial charge in [0.15, 0.2) is 5.96 Å². The molecule has 1 aliphatic heterocycles. The lowest BCUT2D eigenvalue weighted by atomic mass is 10.1.